The highest BCUT2D eigenvalue weighted by Crippen LogP contribution is 2.31. The number of rotatable bonds is 4. The molecule has 1 aromatic rings. The first-order valence-corrected chi connectivity index (χ1v) is 5.29. The molecule has 6 heteroatoms. The molecule has 0 atom stereocenters. The number of carbonyl (C=O) groups excluding carboxylic acids is 1. The molecule has 0 aliphatic carbocycles. The summed E-state index contributed by atoms with van der Waals surface area (Å²) in [5.74, 6) is -1.32. The largest absolute Gasteiger partial charge is 0.469 e. The molecule has 0 aromatic heterocycles. The lowest BCUT2D eigenvalue weighted by atomic mass is 9.81. The summed E-state index contributed by atoms with van der Waals surface area (Å²) < 4.78 is 17.8. The van der Waals surface area contributed by atoms with Crippen molar-refractivity contribution in [2.24, 2.45) is 0 Å². The summed E-state index contributed by atoms with van der Waals surface area (Å²) in [6.45, 7) is 3.47. The first-order valence-electron chi connectivity index (χ1n) is 5.29. The summed E-state index contributed by atoms with van der Waals surface area (Å²) in [5.41, 5.74) is -0.739. The Balaban J connectivity index is 3.13. The summed E-state index contributed by atoms with van der Waals surface area (Å²) in [4.78, 5) is 21.1. The van der Waals surface area contributed by atoms with Crippen LogP contribution in [0.3, 0.4) is 0 Å². The fraction of sp³-hybridized carbons (Fsp3) is 0.417. The lowest BCUT2D eigenvalue weighted by molar-refractivity contribution is -0.387. The van der Waals surface area contributed by atoms with E-state index in [9.17, 15) is 19.3 Å². The SMILES string of the molecule is COC(=O)CC(C)(C)c1ccc(F)c([N+](=O)[O-])c1. The van der Waals surface area contributed by atoms with Crippen molar-refractivity contribution in [3.8, 4) is 0 Å². The number of benzene rings is 1. The van der Waals surface area contributed by atoms with E-state index in [1.165, 1.54) is 13.2 Å². The molecular weight excluding hydrogens is 241 g/mol. The van der Waals surface area contributed by atoms with Crippen molar-refractivity contribution < 1.29 is 18.8 Å². The third-order valence-electron chi connectivity index (χ3n) is 2.74. The molecule has 0 unspecified atom stereocenters. The number of nitro groups is 1. The standard InChI is InChI=1S/C12H14FNO4/c1-12(2,7-11(15)18-3)8-4-5-9(13)10(6-8)14(16)17/h4-6H,7H2,1-3H3. The molecule has 0 radical (unpaired) electrons. The lowest BCUT2D eigenvalue weighted by Gasteiger charge is -2.23. The van der Waals surface area contributed by atoms with Gasteiger partial charge in [-0.1, -0.05) is 19.9 Å². The summed E-state index contributed by atoms with van der Waals surface area (Å²) in [7, 11) is 1.27. The zero-order valence-corrected chi connectivity index (χ0v) is 10.4. The highest BCUT2D eigenvalue weighted by Gasteiger charge is 2.27. The van der Waals surface area contributed by atoms with Gasteiger partial charge in [-0.2, -0.15) is 4.39 Å². The molecule has 5 nitrogen and oxygen atoms in total. The third-order valence-corrected chi connectivity index (χ3v) is 2.74. The molecule has 18 heavy (non-hydrogen) atoms. The van der Waals surface area contributed by atoms with Crippen LogP contribution in [0.2, 0.25) is 0 Å². The number of halogens is 1. The van der Waals surface area contributed by atoms with Crippen molar-refractivity contribution in [2.45, 2.75) is 25.7 Å². The van der Waals surface area contributed by atoms with E-state index in [1.807, 2.05) is 0 Å². The van der Waals surface area contributed by atoms with Gasteiger partial charge in [0.25, 0.3) is 0 Å². The van der Waals surface area contributed by atoms with Gasteiger partial charge >= 0.3 is 11.7 Å². The number of ether oxygens (including phenoxy) is 1. The molecule has 1 aromatic carbocycles. The Labute approximate surface area is 104 Å². The van der Waals surface area contributed by atoms with Gasteiger partial charge in [-0.05, 0) is 11.6 Å². The Morgan fingerprint density at radius 2 is 2.11 bits per heavy atom. The molecule has 0 fully saturated rings. The van der Waals surface area contributed by atoms with Crippen LogP contribution >= 0.6 is 0 Å². The van der Waals surface area contributed by atoms with Crippen molar-refractivity contribution in [2.75, 3.05) is 7.11 Å². The lowest BCUT2D eigenvalue weighted by Crippen LogP contribution is -2.22. The molecule has 1 rings (SSSR count). The van der Waals surface area contributed by atoms with E-state index in [0.717, 1.165) is 12.1 Å². The Morgan fingerprint density at radius 3 is 2.61 bits per heavy atom. The Kier molecular flexibility index (Phi) is 4.00. The number of nitro benzene ring substituents is 1. The van der Waals surface area contributed by atoms with Gasteiger partial charge in [0.2, 0.25) is 5.82 Å². The van der Waals surface area contributed by atoms with Crippen molar-refractivity contribution in [3.63, 3.8) is 0 Å². The maximum Gasteiger partial charge on any atom is 0.306 e. The van der Waals surface area contributed by atoms with E-state index in [1.54, 1.807) is 13.8 Å². The molecule has 0 heterocycles. The van der Waals surface area contributed by atoms with Crippen LogP contribution in [0.25, 0.3) is 0 Å². The average molecular weight is 255 g/mol. The number of nitrogens with zero attached hydrogens (tertiary/aromatic N) is 1. The van der Waals surface area contributed by atoms with Crippen molar-refractivity contribution in [1.29, 1.82) is 0 Å². The van der Waals surface area contributed by atoms with E-state index in [4.69, 9.17) is 0 Å². The van der Waals surface area contributed by atoms with Crippen LogP contribution in [0.4, 0.5) is 10.1 Å². The average Bonchev–Trinajstić information content (AvgIpc) is 2.28. The number of methoxy groups -OCH3 is 1. The molecule has 98 valence electrons. The van der Waals surface area contributed by atoms with Gasteiger partial charge in [0.1, 0.15) is 0 Å². The van der Waals surface area contributed by atoms with Crippen LogP contribution in [0.15, 0.2) is 18.2 Å². The molecule has 0 N–H and O–H groups in total. The molecule has 0 saturated carbocycles. The zero-order valence-electron chi connectivity index (χ0n) is 10.4. The summed E-state index contributed by atoms with van der Waals surface area (Å²) in [6.07, 6.45) is 0.0618. The van der Waals surface area contributed by atoms with Gasteiger partial charge in [-0.3, -0.25) is 14.9 Å². The van der Waals surface area contributed by atoms with E-state index in [0.29, 0.717) is 5.56 Å². The van der Waals surface area contributed by atoms with Crippen LogP contribution in [0, 0.1) is 15.9 Å². The van der Waals surface area contributed by atoms with E-state index < -0.39 is 27.8 Å². The number of esters is 1. The first kappa shape index (κ1) is 14.1. The van der Waals surface area contributed by atoms with Crippen molar-refractivity contribution in [1.82, 2.24) is 0 Å². The fourth-order valence-electron chi connectivity index (χ4n) is 1.61. The van der Waals surface area contributed by atoms with Gasteiger partial charge in [-0.15, -0.1) is 0 Å². The maximum atomic E-state index is 13.2. The molecular formula is C12H14FNO4. The van der Waals surface area contributed by atoms with E-state index >= 15 is 0 Å². The number of hydrogen-bond donors (Lipinski definition) is 0. The predicted molar refractivity (Wildman–Crippen MR) is 62.7 cm³/mol. The number of hydrogen-bond acceptors (Lipinski definition) is 4. The monoisotopic (exact) mass is 255 g/mol. The Bertz CT molecular complexity index is 485. The summed E-state index contributed by atoms with van der Waals surface area (Å²) in [5, 5.41) is 10.7. The summed E-state index contributed by atoms with van der Waals surface area (Å²) >= 11 is 0. The highest BCUT2D eigenvalue weighted by molar-refractivity contribution is 5.71. The van der Waals surface area contributed by atoms with Gasteiger partial charge in [0, 0.05) is 11.5 Å². The maximum absolute atomic E-state index is 13.2. The molecule has 0 aliphatic rings. The van der Waals surface area contributed by atoms with Gasteiger partial charge in [0.15, 0.2) is 0 Å². The zero-order chi connectivity index (χ0) is 13.9. The topological polar surface area (TPSA) is 69.4 Å². The van der Waals surface area contributed by atoms with Crippen molar-refractivity contribution >= 4 is 11.7 Å². The molecule has 0 amide bonds. The van der Waals surface area contributed by atoms with Crippen LogP contribution in [0.1, 0.15) is 25.8 Å². The normalized spacial score (nSPS) is 11.1. The minimum atomic E-state index is -0.891. The number of carbonyl (C=O) groups is 1. The minimum absolute atomic E-state index is 0.0618. The molecule has 0 bridgehead atoms. The molecule has 0 aliphatic heterocycles. The van der Waals surface area contributed by atoms with Gasteiger partial charge in [-0.25, -0.2) is 0 Å². The first-order chi connectivity index (χ1) is 8.27. The second kappa shape index (κ2) is 5.12. The molecule has 0 saturated heterocycles. The van der Waals surface area contributed by atoms with Crippen LogP contribution in [-0.4, -0.2) is 18.0 Å². The van der Waals surface area contributed by atoms with Crippen LogP contribution in [-0.2, 0) is 14.9 Å². The second-order valence-corrected chi connectivity index (χ2v) is 4.56. The quantitative estimate of drug-likeness (QED) is 0.471. The Morgan fingerprint density at radius 1 is 1.50 bits per heavy atom. The van der Waals surface area contributed by atoms with E-state index in [2.05, 4.69) is 4.74 Å². The second-order valence-electron chi connectivity index (χ2n) is 4.56. The highest BCUT2D eigenvalue weighted by atomic mass is 19.1. The predicted octanol–water partition coefficient (Wildman–Crippen LogP) is 2.57. The fourth-order valence-corrected chi connectivity index (χ4v) is 1.61. The molecule has 0 spiro atoms. The minimum Gasteiger partial charge on any atom is -0.469 e. The van der Waals surface area contributed by atoms with Gasteiger partial charge in [0.05, 0.1) is 18.5 Å². The van der Waals surface area contributed by atoms with Gasteiger partial charge < -0.3 is 4.74 Å². The summed E-state index contributed by atoms with van der Waals surface area (Å²) in [6, 6.07) is 3.62. The smallest absolute Gasteiger partial charge is 0.306 e. The van der Waals surface area contributed by atoms with Crippen LogP contribution in [0.5, 0.6) is 0 Å². The van der Waals surface area contributed by atoms with E-state index in [-0.39, 0.29) is 6.42 Å². The van der Waals surface area contributed by atoms with Crippen molar-refractivity contribution in [3.05, 3.63) is 39.7 Å². The Hall–Kier alpha value is -1.98. The third kappa shape index (κ3) is 3.03. The van der Waals surface area contributed by atoms with Crippen LogP contribution < -0.4 is 0 Å².